The van der Waals surface area contributed by atoms with E-state index in [2.05, 4.69) is 0 Å². The van der Waals surface area contributed by atoms with E-state index in [-0.39, 0.29) is 5.97 Å². The van der Waals surface area contributed by atoms with E-state index in [0.29, 0.717) is 6.61 Å². The van der Waals surface area contributed by atoms with Crippen LogP contribution in [-0.4, -0.2) is 23.8 Å². The molecule has 0 amide bonds. The third-order valence-corrected chi connectivity index (χ3v) is 2.30. The lowest BCUT2D eigenvalue weighted by Crippen LogP contribution is -2.16. The summed E-state index contributed by atoms with van der Waals surface area (Å²) < 4.78 is 4.80. The second kappa shape index (κ2) is 2.34. The topological polar surface area (TPSA) is 46.5 Å². The molecule has 0 spiro atoms. The van der Waals surface area contributed by atoms with Gasteiger partial charge < -0.3 is 9.84 Å². The van der Waals surface area contributed by atoms with E-state index in [9.17, 15) is 9.90 Å². The van der Waals surface area contributed by atoms with Crippen molar-refractivity contribution in [3.63, 3.8) is 0 Å². The summed E-state index contributed by atoms with van der Waals surface area (Å²) in [6.45, 7) is 0.315. The summed E-state index contributed by atoms with van der Waals surface area (Å²) in [6.07, 6.45) is 2.03. The Kier molecular flexibility index (Phi) is 1.46. The fourth-order valence-corrected chi connectivity index (χ4v) is 1.65. The van der Waals surface area contributed by atoms with E-state index in [1.165, 1.54) is 0 Å². The number of aliphatic hydroxyl groups excluding tert-OH is 1. The highest BCUT2D eigenvalue weighted by atomic mass is 16.5. The van der Waals surface area contributed by atoms with Crippen molar-refractivity contribution in [3.8, 4) is 0 Å². The summed E-state index contributed by atoms with van der Waals surface area (Å²) in [7, 11) is 0. The molecule has 0 saturated carbocycles. The summed E-state index contributed by atoms with van der Waals surface area (Å²) in [5.74, 6) is -0.223. The van der Waals surface area contributed by atoms with Crippen molar-refractivity contribution in [2.75, 3.05) is 6.61 Å². The number of cyclic esters (lactones) is 1. The lowest BCUT2D eigenvalue weighted by molar-refractivity contribution is -0.136. The summed E-state index contributed by atoms with van der Waals surface area (Å²) in [5, 5.41) is 9.41. The Hall–Kier alpha value is -0.830. The zero-order valence-electron chi connectivity index (χ0n) is 6.17. The Morgan fingerprint density at radius 2 is 2.36 bits per heavy atom. The molecule has 60 valence electrons. The Balaban J connectivity index is 2.33. The molecule has 2 aliphatic rings. The van der Waals surface area contributed by atoms with E-state index in [0.717, 1.165) is 30.4 Å². The van der Waals surface area contributed by atoms with E-state index in [1.807, 2.05) is 0 Å². The lowest BCUT2D eigenvalue weighted by atomic mass is 9.91. The van der Waals surface area contributed by atoms with Crippen LogP contribution < -0.4 is 0 Å². The summed E-state index contributed by atoms with van der Waals surface area (Å²) >= 11 is 0. The molecule has 0 bridgehead atoms. The third-order valence-electron chi connectivity index (χ3n) is 2.30. The van der Waals surface area contributed by atoms with Gasteiger partial charge in [-0.2, -0.15) is 0 Å². The van der Waals surface area contributed by atoms with Gasteiger partial charge >= 0.3 is 5.97 Å². The van der Waals surface area contributed by atoms with Crippen molar-refractivity contribution in [2.24, 2.45) is 0 Å². The van der Waals surface area contributed by atoms with Crippen LogP contribution in [0.2, 0.25) is 0 Å². The van der Waals surface area contributed by atoms with Gasteiger partial charge in [-0.1, -0.05) is 0 Å². The molecule has 1 N–H and O–H groups in total. The van der Waals surface area contributed by atoms with Gasteiger partial charge in [0.25, 0.3) is 0 Å². The minimum absolute atomic E-state index is 0.223. The Labute approximate surface area is 64.7 Å². The van der Waals surface area contributed by atoms with E-state index >= 15 is 0 Å². The summed E-state index contributed by atoms with van der Waals surface area (Å²) in [5.41, 5.74) is 1.55. The first kappa shape index (κ1) is 6.85. The van der Waals surface area contributed by atoms with Gasteiger partial charge in [0, 0.05) is 11.1 Å². The molecule has 0 saturated heterocycles. The number of rotatable bonds is 0. The minimum Gasteiger partial charge on any atom is -0.458 e. The molecule has 1 aliphatic carbocycles. The third kappa shape index (κ3) is 0.959. The zero-order chi connectivity index (χ0) is 7.84. The summed E-state index contributed by atoms with van der Waals surface area (Å²) in [4.78, 5) is 11.0. The molecule has 3 heteroatoms. The maximum atomic E-state index is 11.0. The van der Waals surface area contributed by atoms with Crippen molar-refractivity contribution in [2.45, 2.75) is 25.4 Å². The van der Waals surface area contributed by atoms with Crippen molar-refractivity contribution in [1.29, 1.82) is 0 Å². The smallest absolute Gasteiger partial charge is 0.334 e. The average Bonchev–Trinajstić information content (AvgIpc) is 2.35. The van der Waals surface area contributed by atoms with Crippen molar-refractivity contribution in [3.05, 3.63) is 11.1 Å². The first-order chi connectivity index (χ1) is 5.29. The van der Waals surface area contributed by atoms with Crippen LogP contribution >= 0.6 is 0 Å². The molecule has 1 aliphatic heterocycles. The highest BCUT2D eigenvalue weighted by Gasteiger charge is 2.31. The van der Waals surface area contributed by atoms with Crippen LogP contribution in [0.1, 0.15) is 19.3 Å². The van der Waals surface area contributed by atoms with Crippen molar-refractivity contribution >= 4 is 5.97 Å². The van der Waals surface area contributed by atoms with Gasteiger partial charge in [0.15, 0.2) is 0 Å². The fourth-order valence-electron chi connectivity index (χ4n) is 1.65. The first-order valence-corrected chi connectivity index (χ1v) is 3.86. The normalized spacial score (nSPS) is 30.3. The second-order valence-electron chi connectivity index (χ2n) is 2.99. The molecule has 2 rings (SSSR count). The Bertz CT molecular complexity index is 229. The molecular formula is C8H10O3. The number of esters is 1. The van der Waals surface area contributed by atoms with Crippen molar-refractivity contribution in [1.82, 2.24) is 0 Å². The monoisotopic (exact) mass is 154 g/mol. The number of hydrogen-bond donors (Lipinski definition) is 1. The fraction of sp³-hybridized carbons (Fsp3) is 0.625. The van der Waals surface area contributed by atoms with E-state index < -0.39 is 6.10 Å². The predicted molar refractivity (Wildman–Crippen MR) is 37.8 cm³/mol. The largest absolute Gasteiger partial charge is 0.458 e. The van der Waals surface area contributed by atoms with Gasteiger partial charge in [-0.3, -0.25) is 0 Å². The Morgan fingerprint density at radius 1 is 1.55 bits per heavy atom. The number of carbonyl (C=O) groups is 1. The molecule has 0 aromatic carbocycles. The number of carbonyl (C=O) groups excluding carboxylic acids is 1. The molecule has 3 nitrogen and oxygen atoms in total. The average molecular weight is 154 g/mol. The SMILES string of the molecule is O=C1OCC2=C1CCC[C@H]2O. The molecule has 0 fully saturated rings. The van der Waals surface area contributed by atoms with Crippen LogP contribution in [0.5, 0.6) is 0 Å². The number of ether oxygens (including phenoxy) is 1. The van der Waals surface area contributed by atoms with Crippen LogP contribution in [0.25, 0.3) is 0 Å². The zero-order valence-corrected chi connectivity index (χ0v) is 6.17. The number of hydrogen-bond acceptors (Lipinski definition) is 3. The van der Waals surface area contributed by atoms with Crippen LogP contribution in [-0.2, 0) is 9.53 Å². The maximum absolute atomic E-state index is 11.0. The molecule has 1 atom stereocenters. The van der Waals surface area contributed by atoms with E-state index in [4.69, 9.17) is 4.74 Å². The lowest BCUT2D eigenvalue weighted by Gasteiger charge is -2.16. The molecule has 0 radical (unpaired) electrons. The van der Waals surface area contributed by atoms with Crippen molar-refractivity contribution < 1.29 is 14.6 Å². The molecule has 1 heterocycles. The first-order valence-electron chi connectivity index (χ1n) is 3.86. The molecule has 11 heavy (non-hydrogen) atoms. The Morgan fingerprint density at radius 3 is 3.09 bits per heavy atom. The maximum Gasteiger partial charge on any atom is 0.334 e. The highest BCUT2D eigenvalue weighted by molar-refractivity contribution is 5.92. The molecule has 0 aromatic rings. The standard InChI is InChI=1S/C8H10O3/c9-7-3-1-2-5-6(7)4-11-8(5)10/h7,9H,1-4H2/t7-/m1/s1. The van der Waals surface area contributed by atoms with Crippen LogP contribution in [0.15, 0.2) is 11.1 Å². The van der Waals surface area contributed by atoms with Gasteiger partial charge in [0.1, 0.15) is 6.61 Å². The summed E-state index contributed by atoms with van der Waals surface area (Å²) in [6, 6.07) is 0. The molecular weight excluding hydrogens is 144 g/mol. The van der Waals surface area contributed by atoms with Gasteiger partial charge in [-0.05, 0) is 19.3 Å². The quantitative estimate of drug-likeness (QED) is 0.513. The second-order valence-corrected chi connectivity index (χ2v) is 2.99. The van der Waals surface area contributed by atoms with Crippen LogP contribution in [0.3, 0.4) is 0 Å². The highest BCUT2D eigenvalue weighted by Crippen LogP contribution is 2.30. The van der Waals surface area contributed by atoms with Gasteiger partial charge in [-0.15, -0.1) is 0 Å². The molecule has 0 unspecified atom stereocenters. The van der Waals surface area contributed by atoms with Crippen LogP contribution in [0, 0.1) is 0 Å². The van der Waals surface area contributed by atoms with Gasteiger partial charge in [-0.25, -0.2) is 4.79 Å². The molecule has 0 aromatic heterocycles. The van der Waals surface area contributed by atoms with Gasteiger partial charge in [0.05, 0.1) is 6.10 Å². The van der Waals surface area contributed by atoms with Crippen LogP contribution in [0.4, 0.5) is 0 Å². The van der Waals surface area contributed by atoms with E-state index in [1.54, 1.807) is 0 Å². The number of aliphatic hydroxyl groups is 1. The minimum atomic E-state index is -0.426. The predicted octanol–water partition coefficient (Wildman–Crippen LogP) is 0.385. The van der Waals surface area contributed by atoms with Gasteiger partial charge in [0.2, 0.25) is 0 Å².